The van der Waals surface area contributed by atoms with E-state index in [0.29, 0.717) is 12.3 Å². The minimum Gasteiger partial charge on any atom is -0.378 e. The van der Waals surface area contributed by atoms with E-state index in [1.807, 2.05) is 19.1 Å². The summed E-state index contributed by atoms with van der Waals surface area (Å²) in [5, 5.41) is 0. The van der Waals surface area contributed by atoms with Gasteiger partial charge in [0, 0.05) is 30.8 Å². The first-order valence-corrected chi connectivity index (χ1v) is 14.5. The Balaban J connectivity index is 0.000000926. The summed E-state index contributed by atoms with van der Waals surface area (Å²) >= 11 is 0. The minimum absolute atomic E-state index is 0.227. The quantitative estimate of drug-likeness (QED) is 0.211. The summed E-state index contributed by atoms with van der Waals surface area (Å²) in [6, 6.07) is 17.1. The van der Waals surface area contributed by atoms with Crippen LogP contribution in [0.3, 0.4) is 0 Å². The van der Waals surface area contributed by atoms with Crippen molar-refractivity contribution in [2.75, 3.05) is 44.8 Å². The molecule has 0 radical (unpaired) electrons. The van der Waals surface area contributed by atoms with E-state index in [9.17, 15) is 9.59 Å². The number of ketones is 1. The number of carbonyl (C=O) groups excluding carboxylic acids is 2. The van der Waals surface area contributed by atoms with Crippen molar-refractivity contribution in [3.05, 3.63) is 65.2 Å². The van der Waals surface area contributed by atoms with Gasteiger partial charge < -0.3 is 14.4 Å². The average molecular weight is 523 g/mol. The molecule has 2 aromatic carbocycles. The molecule has 0 aromatic heterocycles. The van der Waals surface area contributed by atoms with Crippen LogP contribution in [-0.2, 0) is 16.0 Å². The molecule has 3 rings (SSSR count). The van der Waals surface area contributed by atoms with Crippen LogP contribution in [0, 0.1) is 0 Å². The van der Waals surface area contributed by atoms with Gasteiger partial charge in [0.15, 0.2) is 5.78 Å². The number of unbranched alkanes of at least 4 members (excludes halogenated alkanes) is 2. The number of morpholine rings is 1. The van der Waals surface area contributed by atoms with Crippen LogP contribution in [0.15, 0.2) is 48.5 Å². The largest absolute Gasteiger partial charge is 0.378 e. The molecule has 1 unspecified atom stereocenters. The summed E-state index contributed by atoms with van der Waals surface area (Å²) in [5.41, 5.74) is 3.99. The van der Waals surface area contributed by atoms with Gasteiger partial charge in [-0.2, -0.15) is 0 Å². The lowest BCUT2D eigenvalue weighted by Gasteiger charge is -2.41. The molecule has 38 heavy (non-hydrogen) atoms. The van der Waals surface area contributed by atoms with Crippen molar-refractivity contribution >= 4 is 17.8 Å². The van der Waals surface area contributed by atoms with Crippen LogP contribution in [0.2, 0.25) is 0 Å². The highest BCUT2D eigenvalue weighted by atomic mass is 16.5. The number of nitrogens with zero attached hydrogens (tertiary/aromatic N) is 2. The number of hydrogen-bond donors (Lipinski definition) is 0. The summed E-state index contributed by atoms with van der Waals surface area (Å²) < 4.78 is 5.48. The zero-order chi connectivity index (χ0) is 28.0. The number of benzene rings is 2. The van der Waals surface area contributed by atoms with Gasteiger partial charge in [0.05, 0.1) is 18.8 Å². The molecule has 5 heteroatoms. The molecule has 0 spiro atoms. The minimum atomic E-state index is -0.547. The van der Waals surface area contributed by atoms with E-state index in [0.717, 1.165) is 76.8 Å². The zero-order valence-corrected chi connectivity index (χ0v) is 24.7. The predicted molar refractivity (Wildman–Crippen MR) is 160 cm³/mol. The summed E-state index contributed by atoms with van der Waals surface area (Å²) in [5.74, 6) is 0.735. The number of anilines is 1. The number of likely N-dealkylation sites (N-methyl/N-ethyl adjacent to an activating group) is 1. The lowest BCUT2D eigenvalue weighted by molar-refractivity contribution is -0.107. The fourth-order valence-corrected chi connectivity index (χ4v) is 4.94. The van der Waals surface area contributed by atoms with Crippen LogP contribution in [0.1, 0.15) is 94.1 Å². The SMILES string of the molecule is CCCC=O.CCCCN(C)C(CC)(Cc1ccc(C(C)C)cc1)C(=O)c1ccc(N2CCOCC2)cc1. The third-order valence-corrected chi connectivity index (χ3v) is 7.64. The van der Waals surface area contributed by atoms with Gasteiger partial charge in [-0.05, 0) is 80.6 Å². The summed E-state index contributed by atoms with van der Waals surface area (Å²) in [6.07, 6.45) is 6.34. The molecular formula is C33H50N2O3. The van der Waals surface area contributed by atoms with Crippen molar-refractivity contribution in [2.24, 2.45) is 0 Å². The topological polar surface area (TPSA) is 49.9 Å². The maximum Gasteiger partial charge on any atom is 0.183 e. The van der Waals surface area contributed by atoms with Gasteiger partial charge in [-0.3, -0.25) is 9.69 Å². The average Bonchev–Trinajstić information content (AvgIpc) is 2.96. The van der Waals surface area contributed by atoms with E-state index >= 15 is 0 Å². The number of carbonyl (C=O) groups is 2. The second-order valence-electron chi connectivity index (χ2n) is 10.7. The van der Waals surface area contributed by atoms with Crippen LogP contribution in [-0.4, -0.2) is 62.4 Å². The van der Waals surface area contributed by atoms with Crippen molar-refractivity contribution in [3.8, 4) is 0 Å². The Bertz CT molecular complexity index is 949. The van der Waals surface area contributed by atoms with Crippen LogP contribution >= 0.6 is 0 Å². The van der Waals surface area contributed by atoms with Crippen LogP contribution in [0.25, 0.3) is 0 Å². The highest BCUT2D eigenvalue weighted by molar-refractivity contribution is 6.03. The fraction of sp³-hybridized carbons (Fsp3) is 0.576. The number of ether oxygens (including phenoxy) is 1. The van der Waals surface area contributed by atoms with Crippen LogP contribution in [0.4, 0.5) is 5.69 Å². The molecule has 0 amide bonds. The maximum absolute atomic E-state index is 14.1. The van der Waals surface area contributed by atoms with Gasteiger partial charge in [-0.25, -0.2) is 0 Å². The highest BCUT2D eigenvalue weighted by Crippen LogP contribution is 2.30. The fourth-order valence-electron chi connectivity index (χ4n) is 4.94. The van der Waals surface area contributed by atoms with Crippen molar-refractivity contribution in [2.45, 2.75) is 84.6 Å². The predicted octanol–water partition coefficient (Wildman–Crippen LogP) is 6.94. The van der Waals surface area contributed by atoms with Crippen molar-refractivity contribution < 1.29 is 14.3 Å². The Kier molecular flexibility index (Phi) is 13.7. The van der Waals surface area contributed by atoms with Crippen LogP contribution < -0.4 is 4.90 Å². The van der Waals surface area contributed by atoms with Gasteiger partial charge in [0.25, 0.3) is 0 Å². The van der Waals surface area contributed by atoms with E-state index in [1.54, 1.807) is 0 Å². The Labute approximate surface area is 231 Å². The third kappa shape index (κ3) is 8.78. The molecule has 0 aliphatic carbocycles. The molecule has 1 heterocycles. The first-order valence-electron chi connectivity index (χ1n) is 14.5. The summed E-state index contributed by atoms with van der Waals surface area (Å²) in [4.78, 5) is 28.1. The second kappa shape index (κ2) is 16.5. The second-order valence-corrected chi connectivity index (χ2v) is 10.7. The Morgan fingerprint density at radius 2 is 1.63 bits per heavy atom. The molecule has 0 saturated carbocycles. The number of rotatable bonds is 13. The van der Waals surface area contributed by atoms with Gasteiger partial charge in [0.2, 0.25) is 0 Å². The van der Waals surface area contributed by atoms with Crippen molar-refractivity contribution in [3.63, 3.8) is 0 Å². The van der Waals surface area contributed by atoms with E-state index in [1.165, 1.54) is 16.8 Å². The lowest BCUT2D eigenvalue weighted by Crippen LogP contribution is -2.54. The number of aldehydes is 1. The molecule has 5 nitrogen and oxygen atoms in total. The zero-order valence-electron chi connectivity index (χ0n) is 24.7. The molecule has 1 atom stereocenters. The van der Waals surface area contributed by atoms with Gasteiger partial charge in [-0.15, -0.1) is 0 Å². The summed E-state index contributed by atoms with van der Waals surface area (Å²) in [6.45, 7) is 15.0. The first kappa shape index (κ1) is 31.7. The van der Waals surface area contributed by atoms with Gasteiger partial charge in [0.1, 0.15) is 6.29 Å². The number of hydrogen-bond acceptors (Lipinski definition) is 5. The molecule has 0 bridgehead atoms. The maximum atomic E-state index is 14.1. The van der Waals surface area contributed by atoms with E-state index < -0.39 is 5.54 Å². The third-order valence-electron chi connectivity index (χ3n) is 7.64. The smallest absolute Gasteiger partial charge is 0.183 e. The molecule has 2 aromatic rings. The molecule has 1 fully saturated rings. The Hall–Kier alpha value is -2.50. The lowest BCUT2D eigenvalue weighted by atomic mass is 9.79. The molecular weight excluding hydrogens is 472 g/mol. The molecule has 0 N–H and O–H groups in total. The highest BCUT2D eigenvalue weighted by Gasteiger charge is 2.41. The van der Waals surface area contributed by atoms with Crippen LogP contribution in [0.5, 0.6) is 0 Å². The van der Waals surface area contributed by atoms with Crippen molar-refractivity contribution in [1.82, 2.24) is 4.90 Å². The summed E-state index contributed by atoms with van der Waals surface area (Å²) in [7, 11) is 2.13. The first-order chi connectivity index (χ1) is 18.3. The van der Waals surface area contributed by atoms with E-state index in [4.69, 9.17) is 4.74 Å². The van der Waals surface area contributed by atoms with Crippen molar-refractivity contribution in [1.29, 1.82) is 0 Å². The van der Waals surface area contributed by atoms with Gasteiger partial charge in [-0.1, -0.05) is 65.3 Å². The monoisotopic (exact) mass is 522 g/mol. The normalized spacial score (nSPS) is 15.1. The molecule has 210 valence electrons. The van der Waals surface area contributed by atoms with E-state index in [-0.39, 0.29) is 5.78 Å². The van der Waals surface area contributed by atoms with E-state index in [2.05, 4.69) is 80.9 Å². The molecule has 1 aliphatic heterocycles. The Morgan fingerprint density at radius 1 is 1.00 bits per heavy atom. The Morgan fingerprint density at radius 3 is 2.11 bits per heavy atom. The van der Waals surface area contributed by atoms with Gasteiger partial charge >= 0.3 is 0 Å². The standard InChI is InChI=1S/C29H42N2O2.C4H8O/c1-6-8-17-30(5)29(7-2,22-24-9-11-25(12-10-24)23(3)4)28(32)26-13-15-27(16-14-26)31-18-20-33-21-19-31;1-2-3-4-5/h9-16,23H,6-8,17-22H2,1-5H3;4H,2-3H2,1H3. The molecule has 1 saturated heterocycles. The number of Topliss-reactive ketones (excluding diaryl/α,β-unsaturated/α-hetero) is 1. The molecule has 1 aliphatic rings.